The second kappa shape index (κ2) is 6.68. The van der Waals surface area contributed by atoms with Gasteiger partial charge < -0.3 is 15.2 Å². The van der Waals surface area contributed by atoms with E-state index in [1.54, 1.807) is 12.1 Å². The Morgan fingerprint density at radius 3 is 2.32 bits per heavy atom. The maximum absolute atomic E-state index is 12.3. The number of nitrogens with one attached hydrogen (secondary N) is 1. The van der Waals surface area contributed by atoms with E-state index in [9.17, 15) is 9.59 Å². The summed E-state index contributed by atoms with van der Waals surface area (Å²) in [6.45, 7) is 0. The standard InChI is InChI=1S/C15H11Cl2NO4/c1-22-13-5-3-8(16)6-11(13)14(19)18-12-7-9(17)2-4-10(12)15(20)21/h2-7H,1H3,(H,18,19)(H,20,21). The van der Waals surface area contributed by atoms with Crippen molar-refractivity contribution in [3.05, 3.63) is 57.6 Å². The number of carbonyl (C=O) groups is 2. The minimum atomic E-state index is -1.18. The molecule has 1 amide bonds. The summed E-state index contributed by atoms with van der Waals surface area (Å²) in [5, 5.41) is 12.3. The first-order chi connectivity index (χ1) is 10.4. The average Bonchev–Trinajstić information content (AvgIpc) is 2.46. The lowest BCUT2D eigenvalue weighted by atomic mass is 10.1. The molecule has 2 N–H and O–H groups in total. The minimum absolute atomic E-state index is 0.0706. The molecule has 0 aliphatic rings. The molecule has 0 saturated heterocycles. The Morgan fingerprint density at radius 1 is 1.05 bits per heavy atom. The van der Waals surface area contributed by atoms with Gasteiger partial charge in [0.1, 0.15) is 5.75 Å². The molecule has 0 unspecified atom stereocenters. The molecule has 22 heavy (non-hydrogen) atoms. The third-order valence-electron chi connectivity index (χ3n) is 2.87. The van der Waals surface area contributed by atoms with Gasteiger partial charge in [-0.1, -0.05) is 23.2 Å². The van der Waals surface area contributed by atoms with E-state index < -0.39 is 11.9 Å². The second-order valence-corrected chi connectivity index (χ2v) is 5.17. The third-order valence-corrected chi connectivity index (χ3v) is 3.34. The Morgan fingerprint density at radius 2 is 1.68 bits per heavy atom. The van der Waals surface area contributed by atoms with E-state index in [1.165, 1.54) is 31.4 Å². The van der Waals surface area contributed by atoms with Gasteiger partial charge in [0.25, 0.3) is 5.91 Å². The van der Waals surface area contributed by atoms with Crippen molar-refractivity contribution in [3.63, 3.8) is 0 Å². The van der Waals surface area contributed by atoms with Crippen LogP contribution >= 0.6 is 23.2 Å². The Balaban J connectivity index is 2.39. The van der Waals surface area contributed by atoms with E-state index >= 15 is 0 Å². The quantitative estimate of drug-likeness (QED) is 0.884. The monoisotopic (exact) mass is 339 g/mol. The number of carboxylic acids is 1. The van der Waals surface area contributed by atoms with Gasteiger partial charge in [-0.25, -0.2) is 4.79 Å². The molecule has 114 valence electrons. The zero-order valence-electron chi connectivity index (χ0n) is 11.4. The van der Waals surface area contributed by atoms with Crippen molar-refractivity contribution in [2.24, 2.45) is 0 Å². The van der Waals surface area contributed by atoms with Crippen LogP contribution in [-0.2, 0) is 0 Å². The number of aromatic carboxylic acids is 1. The molecule has 0 aliphatic heterocycles. The van der Waals surface area contributed by atoms with E-state index in [-0.39, 0.29) is 16.8 Å². The van der Waals surface area contributed by atoms with Gasteiger partial charge in [0.2, 0.25) is 0 Å². The van der Waals surface area contributed by atoms with E-state index in [0.717, 1.165) is 0 Å². The predicted molar refractivity (Wildman–Crippen MR) is 84.4 cm³/mol. The van der Waals surface area contributed by atoms with Gasteiger partial charge in [-0.05, 0) is 36.4 Å². The molecular weight excluding hydrogens is 329 g/mol. The molecule has 0 aliphatic carbocycles. The number of ether oxygens (including phenoxy) is 1. The van der Waals surface area contributed by atoms with Gasteiger partial charge in [0.15, 0.2) is 0 Å². The minimum Gasteiger partial charge on any atom is -0.496 e. The molecule has 0 heterocycles. The molecule has 0 radical (unpaired) electrons. The summed E-state index contributed by atoms with van der Waals surface area (Å²) < 4.78 is 5.10. The number of benzene rings is 2. The first kappa shape index (κ1) is 16.1. The highest BCUT2D eigenvalue weighted by molar-refractivity contribution is 6.31. The maximum atomic E-state index is 12.3. The first-order valence-corrected chi connectivity index (χ1v) is 6.85. The summed E-state index contributed by atoms with van der Waals surface area (Å²) in [6, 6.07) is 8.67. The SMILES string of the molecule is COc1ccc(Cl)cc1C(=O)Nc1cc(Cl)ccc1C(=O)O. The van der Waals surface area contributed by atoms with E-state index in [4.69, 9.17) is 33.0 Å². The number of anilines is 1. The van der Waals surface area contributed by atoms with Crippen LogP contribution in [0.5, 0.6) is 5.75 Å². The molecule has 0 spiro atoms. The fraction of sp³-hybridized carbons (Fsp3) is 0.0667. The molecule has 0 fully saturated rings. The van der Waals surface area contributed by atoms with Crippen LogP contribution in [0.25, 0.3) is 0 Å². The highest BCUT2D eigenvalue weighted by atomic mass is 35.5. The molecule has 0 aromatic heterocycles. The van der Waals surface area contributed by atoms with Gasteiger partial charge in [-0.3, -0.25) is 4.79 Å². The summed E-state index contributed by atoms with van der Waals surface area (Å²) in [5.41, 5.74) is 0.206. The molecule has 2 aromatic carbocycles. The van der Waals surface area contributed by atoms with Crippen molar-refractivity contribution in [2.45, 2.75) is 0 Å². The van der Waals surface area contributed by atoms with Crippen LogP contribution < -0.4 is 10.1 Å². The smallest absolute Gasteiger partial charge is 0.337 e. The Hall–Kier alpha value is -2.24. The van der Waals surface area contributed by atoms with Crippen LogP contribution in [0.3, 0.4) is 0 Å². The van der Waals surface area contributed by atoms with Crippen LogP contribution in [-0.4, -0.2) is 24.1 Å². The van der Waals surface area contributed by atoms with Gasteiger partial charge in [0, 0.05) is 10.0 Å². The Bertz CT molecular complexity index is 746. The number of methoxy groups -OCH3 is 1. The predicted octanol–water partition coefficient (Wildman–Crippen LogP) is 3.95. The number of carbonyl (C=O) groups excluding carboxylic acids is 1. The van der Waals surface area contributed by atoms with Crippen LogP contribution in [0.2, 0.25) is 10.0 Å². The molecule has 0 atom stereocenters. The summed E-state index contributed by atoms with van der Waals surface area (Å²) >= 11 is 11.7. The van der Waals surface area contributed by atoms with E-state index in [1.807, 2.05) is 0 Å². The van der Waals surface area contributed by atoms with Gasteiger partial charge >= 0.3 is 5.97 Å². The number of amides is 1. The topological polar surface area (TPSA) is 75.6 Å². The maximum Gasteiger partial charge on any atom is 0.337 e. The summed E-state index contributed by atoms with van der Waals surface area (Å²) in [6.07, 6.45) is 0. The summed E-state index contributed by atoms with van der Waals surface area (Å²) in [5.74, 6) is -1.41. The van der Waals surface area contributed by atoms with Gasteiger partial charge in [0.05, 0.1) is 23.9 Å². The van der Waals surface area contributed by atoms with Crippen LogP contribution in [0.15, 0.2) is 36.4 Å². The average molecular weight is 340 g/mol. The van der Waals surface area contributed by atoms with Crippen LogP contribution in [0.1, 0.15) is 20.7 Å². The van der Waals surface area contributed by atoms with Crippen LogP contribution in [0, 0.1) is 0 Å². The number of rotatable bonds is 4. The van der Waals surface area contributed by atoms with Gasteiger partial charge in [-0.15, -0.1) is 0 Å². The van der Waals surface area contributed by atoms with E-state index in [2.05, 4.69) is 5.32 Å². The third kappa shape index (κ3) is 3.50. The molecule has 0 bridgehead atoms. The molecule has 7 heteroatoms. The zero-order chi connectivity index (χ0) is 16.3. The zero-order valence-corrected chi connectivity index (χ0v) is 12.9. The lowest BCUT2D eigenvalue weighted by molar-refractivity contribution is 0.0698. The number of hydrogen-bond acceptors (Lipinski definition) is 3. The summed E-state index contributed by atoms with van der Waals surface area (Å²) in [4.78, 5) is 23.5. The largest absolute Gasteiger partial charge is 0.496 e. The lowest BCUT2D eigenvalue weighted by Gasteiger charge is -2.11. The summed E-state index contributed by atoms with van der Waals surface area (Å²) in [7, 11) is 1.42. The molecular formula is C15H11Cl2NO4. The Labute approximate surface area is 136 Å². The van der Waals surface area contributed by atoms with Crippen molar-refractivity contribution in [1.29, 1.82) is 0 Å². The Kier molecular flexibility index (Phi) is 4.90. The molecule has 2 rings (SSSR count). The van der Waals surface area contributed by atoms with Crippen molar-refractivity contribution < 1.29 is 19.4 Å². The fourth-order valence-corrected chi connectivity index (χ4v) is 2.20. The number of halogens is 2. The molecule has 0 saturated carbocycles. The lowest BCUT2D eigenvalue weighted by Crippen LogP contribution is -2.15. The molecule has 2 aromatic rings. The first-order valence-electron chi connectivity index (χ1n) is 6.10. The fourth-order valence-electron chi connectivity index (χ4n) is 1.85. The van der Waals surface area contributed by atoms with Crippen molar-refractivity contribution in [2.75, 3.05) is 12.4 Å². The van der Waals surface area contributed by atoms with Crippen LogP contribution in [0.4, 0.5) is 5.69 Å². The second-order valence-electron chi connectivity index (χ2n) is 4.29. The highest BCUT2D eigenvalue weighted by Crippen LogP contribution is 2.26. The van der Waals surface area contributed by atoms with Crippen molar-refractivity contribution in [1.82, 2.24) is 0 Å². The van der Waals surface area contributed by atoms with Crippen molar-refractivity contribution in [3.8, 4) is 5.75 Å². The van der Waals surface area contributed by atoms with E-state index in [0.29, 0.717) is 15.8 Å². The number of hydrogen-bond donors (Lipinski definition) is 2. The van der Waals surface area contributed by atoms with Crippen molar-refractivity contribution >= 4 is 40.8 Å². The highest BCUT2D eigenvalue weighted by Gasteiger charge is 2.17. The normalized spacial score (nSPS) is 10.1. The molecule has 5 nitrogen and oxygen atoms in total. The number of carboxylic acid groups (broad SMARTS) is 1. The van der Waals surface area contributed by atoms with Gasteiger partial charge in [-0.2, -0.15) is 0 Å².